The van der Waals surface area contributed by atoms with Gasteiger partial charge in [0.1, 0.15) is 10.8 Å². The van der Waals surface area contributed by atoms with Gasteiger partial charge in [0.2, 0.25) is 0 Å². The van der Waals surface area contributed by atoms with Crippen molar-refractivity contribution in [3.05, 3.63) is 59.5 Å². The predicted molar refractivity (Wildman–Crippen MR) is 101 cm³/mol. The molecule has 3 aromatic heterocycles. The van der Waals surface area contributed by atoms with Crippen LogP contribution in [0.25, 0.3) is 22.0 Å². The lowest BCUT2D eigenvalue weighted by Gasteiger charge is -2.02. The molecule has 0 N–H and O–H groups in total. The number of hydrogen-bond donors (Lipinski definition) is 0. The Morgan fingerprint density at radius 3 is 2.76 bits per heavy atom. The highest BCUT2D eigenvalue weighted by Gasteiger charge is 2.15. The van der Waals surface area contributed by atoms with Gasteiger partial charge in [0.25, 0.3) is 0 Å². The molecule has 0 fully saturated rings. The minimum absolute atomic E-state index is 0.764. The molecule has 4 aromatic rings. The van der Waals surface area contributed by atoms with E-state index >= 15 is 0 Å². The van der Waals surface area contributed by atoms with E-state index in [2.05, 4.69) is 27.7 Å². The van der Waals surface area contributed by atoms with Gasteiger partial charge in [-0.05, 0) is 13.0 Å². The molecule has 0 bridgehead atoms. The van der Waals surface area contributed by atoms with Crippen molar-refractivity contribution in [3.8, 4) is 22.0 Å². The molecule has 0 radical (unpaired) electrons. The first-order valence-electron chi connectivity index (χ1n) is 7.79. The van der Waals surface area contributed by atoms with Crippen LogP contribution in [0.15, 0.2) is 57.6 Å². The molecule has 5 nitrogen and oxygen atoms in total. The standard InChI is InChI=1S/C18H16N4OS2/c1-12-15(8-9-23-12)16-20-21-18(22(16)2)25-11-14-10-24-17(19-14)13-6-4-3-5-7-13/h3-10H,11H2,1-2H3. The van der Waals surface area contributed by atoms with Crippen molar-refractivity contribution in [1.82, 2.24) is 19.7 Å². The maximum atomic E-state index is 5.36. The summed E-state index contributed by atoms with van der Waals surface area (Å²) in [5.41, 5.74) is 3.18. The third-order valence-corrected chi connectivity index (χ3v) is 5.85. The summed E-state index contributed by atoms with van der Waals surface area (Å²) >= 11 is 3.30. The van der Waals surface area contributed by atoms with Crippen LogP contribution >= 0.6 is 23.1 Å². The molecule has 0 atom stereocenters. The van der Waals surface area contributed by atoms with E-state index in [1.165, 1.54) is 0 Å². The number of aryl methyl sites for hydroxylation is 1. The van der Waals surface area contributed by atoms with Gasteiger partial charge in [-0.25, -0.2) is 4.98 Å². The molecule has 4 rings (SSSR count). The molecule has 0 amide bonds. The molecule has 0 aliphatic heterocycles. The average Bonchev–Trinajstić information content (AvgIpc) is 3.35. The highest BCUT2D eigenvalue weighted by Crippen LogP contribution is 2.29. The smallest absolute Gasteiger partial charge is 0.191 e. The Morgan fingerprint density at radius 2 is 2.00 bits per heavy atom. The van der Waals surface area contributed by atoms with Crippen molar-refractivity contribution >= 4 is 23.1 Å². The second kappa shape index (κ2) is 6.85. The van der Waals surface area contributed by atoms with Crippen LogP contribution in [0.1, 0.15) is 11.5 Å². The first-order chi connectivity index (χ1) is 12.2. The van der Waals surface area contributed by atoms with Gasteiger partial charge in [-0.3, -0.25) is 0 Å². The van der Waals surface area contributed by atoms with E-state index in [0.717, 1.165) is 44.3 Å². The summed E-state index contributed by atoms with van der Waals surface area (Å²) in [6.07, 6.45) is 1.67. The van der Waals surface area contributed by atoms with Crippen LogP contribution in [0.5, 0.6) is 0 Å². The summed E-state index contributed by atoms with van der Waals surface area (Å²) in [5.74, 6) is 2.43. The van der Waals surface area contributed by atoms with Gasteiger partial charge < -0.3 is 8.98 Å². The number of thiazole rings is 1. The zero-order valence-corrected chi connectivity index (χ0v) is 15.5. The van der Waals surface area contributed by atoms with Crippen LogP contribution in [0.2, 0.25) is 0 Å². The lowest BCUT2D eigenvalue weighted by molar-refractivity contribution is 0.534. The van der Waals surface area contributed by atoms with Crippen molar-refractivity contribution in [2.45, 2.75) is 17.8 Å². The summed E-state index contributed by atoms with van der Waals surface area (Å²) in [5, 5.41) is 12.6. The Balaban J connectivity index is 1.49. The lowest BCUT2D eigenvalue weighted by Crippen LogP contribution is -1.95. The second-order valence-corrected chi connectivity index (χ2v) is 7.35. The van der Waals surface area contributed by atoms with E-state index in [0.29, 0.717) is 0 Å². The molecule has 7 heteroatoms. The predicted octanol–water partition coefficient (Wildman–Crippen LogP) is 4.80. The van der Waals surface area contributed by atoms with Crippen LogP contribution in [0.4, 0.5) is 0 Å². The van der Waals surface area contributed by atoms with E-state index in [1.54, 1.807) is 29.4 Å². The Bertz CT molecular complexity index is 988. The number of furan rings is 1. The fourth-order valence-electron chi connectivity index (χ4n) is 2.52. The third kappa shape index (κ3) is 3.25. The number of nitrogens with zero attached hydrogens (tertiary/aromatic N) is 4. The Kier molecular flexibility index (Phi) is 4.42. The minimum atomic E-state index is 0.764. The number of thioether (sulfide) groups is 1. The van der Waals surface area contributed by atoms with Gasteiger partial charge in [-0.1, -0.05) is 42.1 Å². The second-order valence-electron chi connectivity index (χ2n) is 5.55. The molecule has 0 spiro atoms. The van der Waals surface area contributed by atoms with Crippen LogP contribution in [0, 0.1) is 6.92 Å². The SMILES string of the molecule is Cc1occc1-c1nnc(SCc2csc(-c3ccccc3)n2)n1C. The minimum Gasteiger partial charge on any atom is -0.469 e. The fourth-order valence-corrected chi connectivity index (χ4v) is 4.25. The van der Waals surface area contributed by atoms with Crippen molar-refractivity contribution in [3.63, 3.8) is 0 Å². The Morgan fingerprint density at radius 1 is 1.16 bits per heavy atom. The van der Waals surface area contributed by atoms with E-state index in [1.807, 2.05) is 42.8 Å². The van der Waals surface area contributed by atoms with Gasteiger partial charge in [0.15, 0.2) is 11.0 Å². The number of rotatable bonds is 5. The monoisotopic (exact) mass is 368 g/mol. The summed E-state index contributed by atoms with van der Waals surface area (Å²) in [4.78, 5) is 4.72. The first-order valence-corrected chi connectivity index (χ1v) is 9.65. The quantitative estimate of drug-likeness (QED) is 0.474. The molecule has 25 heavy (non-hydrogen) atoms. The molecule has 0 saturated heterocycles. The molecule has 126 valence electrons. The zero-order valence-electron chi connectivity index (χ0n) is 13.8. The highest BCUT2D eigenvalue weighted by atomic mass is 32.2. The van der Waals surface area contributed by atoms with Gasteiger partial charge in [-0.15, -0.1) is 21.5 Å². The van der Waals surface area contributed by atoms with E-state index in [-0.39, 0.29) is 0 Å². The maximum Gasteiger partial charge on any atom is 0.191 e. The first kappa shape index (κ1) is 16.1. The topological polar surface area (TPSA) is 56.7 Å². The fraction of sp³-hybridized carbons (Fsp3) is 0.167. The molecular weight excluding hydrogens is 352 g/mol. The van der Waals surface area contributed by atoms with Crippen LogP contribution in [-0.2, 0) is 12.8 Å². The Hall–Kier alpha value is -2.38. The molecule has 0 aliphatic rings. The maximum absolute atomic E-state index is 5.36. The number of aromatic nitrogens is 4. The van der Waals surface area contributed by atoms with Crippen molar-refractivity contribution in [1.29, 1.82) is 0 Å². The van der Waals surface area contributed by atoms with Gasteiger partial charge in [0.05, 0.1) is 17.5 Å². The molecule has 0 aliphatic carbocycles. The Labute approximate surface area is 153 Å². The van der Waals surface area contributed by atoms with Gasteiger partial charge in [0, 0.05) is 23.7 Å². The molecule has 3 heterocycles. The molecule has 0 unspecified atom stereocenters. The van der Waals surface area contributed by atoms with Crippen LogP contribution in [0.3, 0.4) is 0 Å². The summed E-state index contributed by atoms with van der Waals surface area (Å²) in [6, 6.07) is 12.2. The molecule has 0 saturated carbocycles. The molecular formula is C18H16N4OS2. The zero-order chi connectivity index (χ0) is 17.2. The third-order valence-electron chi connectivity index (χ3n) is 3.86. The average molecular weight is 368 g/mol. The van der Waals surface area contributed by atoms with Gasteiger partial charge >= 0.3 is 0 Å². The van der Waals surface area contributed by atoms with E-state index in [9.17, 15) is 0 Å². The van der Waals surface area contributed by atoms with Crippen LogP contribution < -0.4 is 0 Å². The summed E-state index contributed by atoms with van der Waals surface area (Å²) in [6.45, 7) is 1.93. The van der Waals surface area contributed by atoms with Crippen molar-refractivity contribution < 1.29 is 4.42 Å². The van der Waals surface area contributed by atoms with Gasteiger partial charge in [-0.2, -0.15) is 0 Å². The number of benzene rings is 1. The van der Waals surface area contributed by atoms with Crippen molar-refractivity contribution in [2.24, 2.45) is 7.05 Å². The largest absolute Gasteiger partial charge is 0.469 e. The lowest BCUT2D eigenvalue weighted by atomic mass is 10.2. The van der Waals surface area contributed by atoms with E-state index < -0.39 is 0 Å². The normalized spacial score (nSPS) is 11.1. The van der Waals surface area contributed by atoms with E-state index in [4.69, 9.17) is 9.40 Å². The van der Waals surface area contributed by atoms with Crippen molar-refractivity contribution in [2.75, 3.05) is 0 Å². The summed E-state index contributed by atoms with van der Waals surface area (Å²) < 4.78 is 7.35. The highest BCUT2D eigenvalue weighted by molar-refractivity contribution is 7.98. The summed E-state index contributed by atoms with van der Waals surface area (Å²) in [7, 11) is 1.97. The molecule has 1 aromatic carbocycles. The van der Waals surface area contributed by atoms with Crippen LogP contribution in [-0.4, -0.2) is 19.7 Å². The number of hydrogen-bond acceptors (Lipinski definition) is 6.